The summed E-state index contributed by atoms with van der Waals surface area (Å²) in [7, 11) is 1.71. The summed E-state index contributed by atoms with van der Waals surface area (Å²) in [5.41, 5.74) is 0. The molecule has 1 rings (SSSR count). The third-order valence-corrected chi connectivity index (χ3v) is 1.87. The van der Waals surface area contributed by atoms with Gasteiger partial charge in [-0.05, 0) is 13.8 Å². The average molecular weight is 155 g/mol. The van der Waals surface area contributed by atoms with E-state index in [1.54, 1.807) is 7.11 Å². The molecule has 0 saturated carbocycles. The number of aromatic nitrogens is 2. The molecule has 62 valence electrons. The Morgan fingerprint density at radius 3 is 3.00 bits per heavy atom. The van der Waals surface area contributed by atoms with Gasteiger partial charge in [0.1, 0.15) is 12.4 Å². The molecule has 3 heteroatoms. The Hall–Kier alpha value is -0.830. The Morgan fingerprint density at radius 2 is 2.45 bits per heavy atom. The van der Waals surface area contributed by atoms with Crippen molar-refractivity contribution in [1.82, 2.24) is 4.98 Å². The molecule has 0 aromatic carbocycles. The van der Waals surface area contributed by atoms with Crippen LogP contribution in [-0.2, 0) is 11.3 Å². The fourth-order valence-corrected chi connectivity index (χ4v) is 1.11. The lowest BCUT2D eigenvalue weighted by Gasteiger charge is -2.03. The minimum absolute atomic E-state index is 0.143. The maximum absolute atomic E-state index is 5.18. The Balaban J connectivity index is 2.83. The molecular formula is C8H15N2O+. The van der Waals surface area contributed by atoms with Gasteiger partial charge >= 0.3 is 0 Å². The van der Waals surface area contributed by atoms with Crippen molar-refractivity contribution in [2.75, 3.05) is 7.11 Å². The number of nitrogens with zero attached hydrogens (tertiary/aromatic N) is 1. The number of rotatable bonds is 3. The summed E-state index contributed by atoms with van der Waals surface area (Å²) in [6.45, 7) is 5.12. The lowest BCUT2D eigenvalue weighted by Crippen LogP contribution is -2.35. The highest BCUT2D eigenvalue weighted by molar-refractivity contribution is 4.81. The second-order valence-corrected chi connectivity index (χ2v) is 2.51. The molecule has 1 aromatic heterocycles. The van der Waals surface area contributed by atoms with Crippen LogP contribution in [0.4, 0.5) is 0 Å². The first-order valence-corrected chi connectivity index (χ1v) is 3.89. The molecule has 0 radical (unpaired) electrons. The molecular weight excluding hydrogens is 140 g/mol. The van der Waals surface area contributed by atoms with Crippen LogP contribution in [0.1, 0.15) is 25.8 Å². The average Bonchev–Trinajstić information content (AvgIpc) is 2.50. The number of ether oxygens (including phenoxy) is 1. The summed E-state index contributed by atoms with van der Waals surface area (Å²) in [5, 5.41) is 0. The highest BCUT2D eigenvalue weighted by Gasteiger charge is 2.15. The summed E-state index contributed by atoms with van der Waals surface area (Å²) >= 11 is 0. The molecule has 1 aromatic rings. The van der Waals surface area contributed by atoms with Gasteiger partial charge in [-0.15, -0.1) is 0 Å². The molecule has 1 heterocycles. The monoisotopic (exact) mass is 155 g/mol. The fourth-order valence-electron chi connectivity index (χ4n) is 1.11. The van der Waals surface area contributed by atoms with Crippen LogP contribution in [0.25, 0.3) is 0 Å². The van der Waals surface area contributed by atoms with Gasteiger partial charge in [0.2, 0.25) is 0 Å². The van der Waals surface area contributed by atoms with E-state index in [1.165, 1.54) is 0 Å². The zero-order valence-electron chi connectivity index (χ0n) is 7.29. The maximum atomic E-state index is 5.18. The maximum Gasteiger partial charge on any atom is 0.283 e. The van der Waals surface area contributed by atoms with Gasteiger partial charge in [0, 0.05) is 7.11 Å². The lowest BCUT2D eigenvalue weighted by atomic mass is 10.4. The highest BCUT2D eigenvalue weighted by atomic mass is 16.5. The number of methoxy groups -OCH3 is 1. The number of aromatic amines is 1. The number of aryl methyl sites for hydroxylation is 1. The predicted octanol–water partition coefficient (Wildman–Crippen LogP) is 1.03. The third-order valence-electron chi connectivity index (χ3n) is 1.87. The highest BCUT2D eigenvalue weighted by Crippen LogP contribution is 2.07. The Bertz CT molecular complexity index is 220. The lowest BCUT2D eigenvalue weighted by molar-refractivity contribution is -0.703. The summed E-state index contributed by atoms with van der Waals surface area (Å²) in [6, 6.07) is 0. The van der Waals surface area contributed by atoms with Gasteiger partial charge in [-0.3, -0.25) is 0 Å². The van der Waals surface area contributed by atoms with E-state index in [0.717, 1.165) is 12.4 Å². The zero-order chi connectivity index (χ0) is 8.27. The van der Waals surface area contributed by atoms with Crippen LogP contribution in [0.15, 0.2) is 12.4 Å². The predicted molar refractivity (Wildman–Crippen MR) is 42.1 cm³/mol. The van der Waals surface area contributed by atoms with Crippen LogP contribution < -0.4 is 4.57 Å². The van der Waals surface area contributed by atoms with Gasteiger partial charge in [-0.2, -0.15) is 0 Å². The van der Waals surface area contributed by atoms with Crippen molar-refractivity contribution in [3.8, 4) is 0 Å². The SMILES string of the molecule is CC[n+]1cc[nH]c1C(C)OC. The molecule has 0 aliphatic carbocycles. The standard InChI is InChI=1S/C8H14N2O/c1-4-10-6-5-9-8(10)7(2)11-3/h5-7H,4H2,1-3H3/p+1. The number of hydrogen-bond donors (Lipinski definition) is 1. The van der Waals surface area contributed by atoms with E-state index in [4.69, 9.17) is 4.74 Å². The molecule has 1 atom stereocenters. The molecule has 0 aliphatic heterocycles. The second-order valence-electron chi connectivity index (χ2n) is 2.51. The Morgan fingerprint density at radius 1 is 1.73 bits per heavy atom. The van der Waals surface area contributed by atoms with Crippen molar-refractivity contribution in [2.24, 2.45) is 0 Å². The van der Waals surface area contributed by atoms with E-state index in [-0.39, 0.29) is 6.10 Å². The second kappa shape index (κ2) is 3.53. The van der Waals surface area contributed by atoms with E-state index < -0.39 is 0 Å². The molecule has 11 heavy (non-hydrogen) atoms. The minimum atomic E-state index is 0.143. The molecule has 0 saturated heterocycles. The van der Waals surface area contributed by atoms with Crippen LogP contribution in [0.2, 0.25) is 0 Å². The molecule has 3 nitrogen and oxygen atoms in total. The van der Waals surface area contributed by atoms with Gasteiger partial charge < -0.3 is 4.74 Å². The Labute approximate surface area is 67.0 Å². The van der Waals surface area contributed by atoms with E-state index in [0.29, 0.717) is 0 Å². The molecule has 1 N–H and O–H groups in total. The molecule has 1 unspecified atom stereocenters. The van der Waals surface area contributed by atoms with Crippen LogP contribution in [0.3, 0.4) is 0 Å². The first kappa shape index (κ1) is 8.27. The Kier molecular flexibility index (Phi) is 2.65. The zero-order valence-corrected chi connectivity index (χ0v) is 7.29. The fraction of sp³-hybridized carbons (Fsp3) is 0.625. The molecule has 0 spiro atoms. The van der Waals surface area contributed by atoms with Crippen molar-refractivity contribution >= 4 is 0 Å². The van der Waals surface area contributed by atoms with Crippen molar-refractivity contribution in [2.45, 2.75) is 26.5 Å². The number of nitrogens with one attached hydrogen (secondary N) is 1. The minimum Gasteiger partial charge on any atom is -0.369 e. The summed E-state index contributed by atoms with van der Waals surface area (Å²) in [6.07, 6.45) is 4.09. The van der Waals surface area contributed by atoms with Crippen LogP contribution in [-0.4, -0.2) is 12.1 Å². The first-order valence-electron chi connectivity index (χ1n) is 3.89. The van der Waals surface area contributed by atoms with Crippen LogP contribution >= 0.6 is 0 Å². The van der Waals surface area contributed by atoms with E-state index in [1.807, 2.05) is 19.3 Å². The topological polar surface area (TPSA) is 28.9 Å². The van der Waals surface area contributed by atoms with Crippen molar-refractivity contribution in [1.29, 1.82) is 0 Å². The first-order chi connectivity index (χ1) is 5.29. The molecule has 0 bridgehead atoms. The molecule has 0 fully saturated rings. The van der Waals surface area contributed by atoms with Crippen LogP contribution in [0, 0.1) is 0 Å². The summed E-state index contributed by atoms with van der Waals surface area (Å²) in [4.78, 5) is 3.15. The largest absolute Gasteiger partial charge is 0.369 e. The van der Waals surface area contributed by atoms with Gasteiger partial charge in [0.15, 0.2) is 6.10 Å². The van der Waals surface area contributed by atoms with Gasteiger partial charge in [-0.1, -0.05) is 0 Å². The summed E-state index contributed by atoms with van der Waals surface area (Å²) in [5.74, 6) is 1.12. The smallest absolute Gasteiger partial charge is 0.283 e. The quantitative estimate of drug-likeness (QED) is 0.649. The van der Waals surface area contributed by atoms with E-state index in [2.05, 4.69) is 16.5 Å². The van der Waals surface area contributed by atoms with Crippen molar-refractivity contribution in [3.63, 3.8) is 0 Å². The van der Waals surface area contributed by atoms with Crippen molar-refractivity contribution in [3.05, 3.63) is 18.2 Å². The van der Waals surface area contributed by atoms with E-state index >= 15 is 0 Å². The van der Waals surface area contributed by atoms with E-state index in [9.17, 15) is 0 Å². The van der Waals surface area contributed by atoms with Gasteiger partial charge in [0.25, 0.3) is 5.82 Å². The normalized spacial score (nSPS) is 13.4. The third kappa shape index (κ3) is 1.60. The number of imidazole rings is 1. The summed E-state index contributed by atoms with van der Waals surface area (Å²) < 4.78 is 7.32. The molecule has 0 amide bonds. The molecule has 0 aliphatic rings. The van der Waals surface area contributed by atoms with Gasteiger partial charge in [-0.25, -0.2) is 9.55 Å². The number of hydrogen-bond acceptors (Lipinski definition) is 1. The van der Waals surface area contributed by atoms with Crippen molar-refractivity contribution < 1.29 is 9.30 Å². The van der Waals surface area contributed by atoms with Gasteiger partial charge in [0.05, 0.1) is 6.54 Å². The number of H-pyrrole nitrogens is 1. The van der Waals surface area contributed by atoms with Crippen LogP contribution in [0.5, 0.6) is 0 Å².